The van der Waals surface area contributed by atoms with Crippen molar-refractivity contribution in [1.82, 2.24) is 4.90 Å². The van der Waals surface area contributed by atoms with Crippen molar-refractivity contribution in [3.8, 4) is 5.75 Å². The lowest BCUT2D eigenvalue weighted by molar-refractivity contribution is 0.0692. The highest BCUT2D eigenvalue weighted by atomic mass is 16.3. The molecule has 1 saturated heterocycles. The zero-order chi connectivity index (χ0) is 13.1. The summed E-state index contributed by atoms with van der Waals surface area (Å²) in [5.41, 5.74) is 7.15. The number of aryl methyl sites for hydroxylation is 1. The summed E-state index contributed by atoms with van der Waals surface area (Å²) in [5.74, 6) is 0.809. The van der Waals surface area contributed by atoms with E-state index >= 15 is 0 Å². The number of nitrogens with zero attached hydrogens (tertiary/aromatic N) is 1. The van der Waals surface area contributed by atoms with Gasteiger partial charge in [-0.3, -0.25) is 4.79 Å². The van der Waals surface area contributed by atoms with Crippen molar-refractivity contribution in [2.45, 2.75) is 19.8 Å². The molecule has 1 aliphatic heterocycles. The average molecular weight is 248 g/mol. The van der Waals surface area contributed by atoms with Gasteiger partial charge in [-0.1, -0.05) is 0 Å². The van der Waals surface area contributed by atoms with E-state index in [2.05, 4.69) is 0 Å². The van der Waals surface area contributed by atoms with Crippen LogP contribution in [0.3, 0.4) is 0 Å². The molecule has 0 saturated carbocycles. The summed E-state index contributed by atoms with van der Waals surface area (Å²) >= 11 is 0. The molecule has 0 radical (unpaired) electrons. The molecule has 4 nitrogen and oxygen atoms in total. The van der Waals surface area contributed by atoms with Gasteiger partial charge in [-0.05, 0) is 56.0 Å². The predicted molar refractivity (Wildman–Crippen MR) is 70.5 cm³/mol. The molecule has 2 rings (SSSR count). The first-order valence-electron chi connectivity index (χ1n) is 6.40. The molecular weight excluding hydrogens is 228 g/mol. The molecule has 18 heavy (non-hydrogen) atoms. The number of phenolic OH excluding ortho intramolecular Hbond substituents is 1. The number of nitrogens with two attached hydrogens (primary N) is 1. The number of amides is 1. The molecule has 0 aromatic heterocycles. The third kappa shape index (κ3) is 2.64. The van der Waals surface area contributed by atoms with Gasteiger partial charge in [0.15, 0.2) is 0 Å². The van der Waals surface area contributed by atoms with Crippen LogP contribution in [0.2, 0.25) is 0 Å². The van der Waals surface area contributed by atoms with Crippen LogP contribution >= 0.6 is 0 Å². The Hall–Kier alpha value is -1.55. The summed E-state index contributed by atoms with van der Waals surface area (Å²) in [7, 11) is 0. The molecule has 1 aliphatic rings. The summed E-state index contributed by atoms with van der Waals surface area (Å²) in [6, 6.07) is 4.88. The van der Waals surface area contributed by atoms with Gasteiger partial charge in [0.2, 0.25) is 0 Å². The van der Waals surface area contributed by atoms with Crippen molar-refractivity contribution in [3.05, 3.63) is 29.3 Å². The van der Waals surface area contributed by atoms with Crippen LogP contribution in [0.4, 0.5) is 0 Å². The summed E-state index contributed by atoms with van der Waals surface area (Å²) in [6.45, 7) is 4.11. The Morgan fingerprint density at radius 3 is 2.67 bits per heavy atom. The Morgan fingerprint density at radius 2 is 2.11 bits per heavy atom. The normalized spacial score (nSPS) is 16.9. The summed E-state index contributed by atoms with van der Waals surface area (Å²) < 4.78 is 0. The first-order chi connectivity index (χ1) is 8.61. The van der Waals surface area contributed by atoms with Crippen LogP contribution in [0, 0.1) is 12.8 Å². The van der Waals surface area contributed by atoms with Gasteiger partial charge >= 0.3 is 0 Å². The second kappa shape index (κ2) is 5.40. The maximum absolute atomic E-state index is 12.3. The molecule has 0 aliphatic carbocycles. The number of carbonyl (C=O) groups is 1. The number of rotatable bonds is 2. The number of aromatic hydroxyl groups is 1. The van der Waals surface area contributed by atoms with Crippen molar-refractivity contribution in [3.63, 3.8) is 0 Å². The topological polar surface area (TPSA) is 66.6 Å². The standard InChI is InChI=1S/C14H20N2O2/c1-10-8-12(17)2-3-13(10)14(18)16-6-4-11(9-15)5-7-16/h2-3,8,11,17H,4-7,9,15H2,1H3. The number of hydrogen-bond acceptors (Lipinski definition) is 3. The Labute approximate surface area is 107 Å². The van der Waals surface area contributed by atoms with E-state index in [1.165, 1.54) is 0 Å². The molecular formula is C14H20N2O2. The van der Waals surface area contributed by atoms with Crippen LogP contribution in [0.1, 0.15) is 28.8 Å². The van der Waals surface area contributed by atoms with Crippen LogP contribution in [-0.4, -0.2) is 35.5 Å². The molecule has 1 amide bonds. The Morgan fingerprint density at radius 1 is 1.44 bits per heavy atom. The maximum Gasteiger partial charge on any atom is 0.254 e. The number of piperidine rings is 1. The molecule has 0 bridgehead atoms. The van der Waals surface area contributed by atoms with Crippen LogP contribution in [0.5, 0.6) is 5.75 Å². The first-order valence-corrected chi connectivity index (χ1v) is 6.40. The highest BCUT2D eigenvalue weighted by Crippen LogP contribution is 2.21. The summed E-state index contributed by atoms with van der Waals surface area (Å²) in [4.78, 5) is 14.2. The second-order valence-corrected chi connectivity index (χ2v) is 4.97. The van der Waals surface area contributed by atoms with Gasteiger partial charge in [0.05, 0.1) is 0 Å². The molecule has 1 aromatic rings. The van der Waals surface area contributed by atoms with Crippen LogP contribution in [0.25, 0.3) is 0 Å². The maximum atomic E-state index is 12.3. The van der Waals surface area contributed by atoms with Crippen molar-refractivity contribution in [2.24, 2.45) is 11.7 Å². The van der Waals surface area contributed by atoms with Gasteiger partial charge < -0.3 is 15.7 Å². The lowest BCUT2D eigenvalue weighted by Crippen LogP contribution is -2.40. The molecule has 1 aromatic carbocycles. The zero-order valence-corrected chi connectivity index (χ0v) is 10.7. The number of benzene rings is 1. The van der Waals surface area contributed by atoms with E-state index < -0.39 is 0 Å². The number of phenols is 1. The molecule has 1 fully saturated rings. The number of hydrogen-bond donors (Lipinski definition) is 2. The molecule has 98 valence electrons. The lowest BCUT2D eigenvalue weighted by atomic mass is 9.96. The Bertz CT molecular complexity index is 437. The third-order valence-corrected chi connectivity index (χ3v) is 3.68. The minimum Gasteiger partial charge on any atom is -0.508 e. The van der Waals surface area contributed by atoms with Crippen molar-refractivity contribution < 1.29 is 9.90 Å². The lowest BCUT2D eigenvalue weighted by Gasteiger charge is -2.31. The first kappa shape index (κ1) is 12.9. The number of carbonyl (C=O) groups excluding carboxylic acids is 1. The van der Waals surface area contributed by atoms with E-state index in [0.717, 1.165) is 31.5 Å². The van der Waals surface area contributed by atoms with E-state index in [4.69, 9.17) is 5.73 Å². The third-order valence-electron chi connectivity index (χ3n) is 3.68. The quantitative estimate of drug-likeness (QED) is 0.833. The molecule has 0 unspecified atom stereocenters. The SMILES string of the molecule is Cc1cc(O)ccc1C(=O)N1CCC(CN)CC1. The molecule has 3 N–H and O–H groups in total. The Balaban J connectivity index is 2.08. The zero-order valence-electron chi connectivity index (χ0n) is 10.7. The molecule has 1 heterocycles. The minimum atomic E-state index is 0.0583. The van der Waals surface area contributed by atoms with Crippen LogP contribution in [-0.2, 0) is 0 Å². The summed E-state index contributed by atoms with van der Waals surface area (Å²) in [5, 5.41) is 9.36. The fraction of sp³-hybridized carbons (Fsp3) is 0.500. The van der Waals surface area contributed by atoms with Gasteiger partial charge in [0.1, 0.15) is 5.75 Å². The highest BCUT2D eigenvalue weighted by molar-refractivity contribution is 5.95. The highest BCUT2D eigenvalue weighted by Gasteiger charge is 2.23. The average Bonchev–Trinajstić information content (AvgIpc) is 2.38. The van der Waals surface area contributed by atoms with Gasteiger partial charge in [0, 0.05) is 18.7 Å². The van der Waals surface area contributed by atoms with Crippen molar-refractivity contribution in [1.29, 1.82) is 0 Å². The molecule has 4 heteroatoms. The van der Waals surface area contributed by atoms with Gasteiger partial charge in [-0.15, -0.1) is 0 Å². The summed E-state index contributed by atoms with van der Waals surface area (Å²) in [6.07, 6.45) is 1.97. The predicted octanol–water partition coefficient (Wildman–Crippen LogP) is 1.51. The van der Waals surface area contributed by atoms with Crippen molar-refractivity contribution >= 4 is 5.91 Å². The van der Waals surface area contributed by atoms with Gasteiger partial charge in [-0.25, -0.2) is 0 Å². The fourth-order valence-electron chi connectivity index (χ4n) is 2.43. The van der Waals surface area contributed by atoms with Crippen molar-refractivity contribution in [2.75, 3.05) is 19.6 Å². The minimum absolute atomic E-state index is 0.0583. The second-order valence-electron chi connectivity index (χ2n) is 4.97. The van der Waals surface area contributed by atoms with E-state index in [9.17, 15) is 9.90 Å². The van der Waals surface area contributed by atoms with E-state index in [1.54, 1.807) is 18.2 Å². The number of likely N-dealkylation sites (tertiary alicyclic amines) is 1. The van der Waals surface area contributed by atoms with E-state index in [1.807, 2.05) is 11.8 Å². The molecule has 0 spiro atoms. The van der Waals surface area contributed by atoms with Gasteiger partial charge in [0.25, 0.3) is 5.91 Å². The van der Waals surface area contributed by atoms with Crippen LogP contribution in [0.15, 0.2) is 18.2 Å². The van der Waals surface area contributed by atoms with Gasteiger partial charge in [-0.2, -0.15) is 0 Å². The van der Waals surface area contributed by atoms with E-state index in [0.29, 0.717) is 18.0 Å². The van der Waals surface area contributed by atoms with Crippen LogP contribution < -0.4 is 5.73 Å². The Kier molecular flexibility index (Phi) is 3.87. The monoisotopic (exact) mass is 248 g/mol. The van der Waals surface area contributed by atoms with E-state index in [-0.39, 0.29) is 11.7 Å². The molecule has 0 atom stereocenters. The fourth-order valence-corrected chi connectivity index (χ4v) is 2.43. The smallest absolute Gasteiger partial charge is 0.254 e. The largest absolute Gasteiger partial charge is 0.508 e.